The minimum Gasteiger partial charge on any atom is -0.369 e. The van der Waals surface area contributed by atoms with Gasteiger partial charge in [-0.1, -0.05) is 0 Å². The van der Waals surface area contributed by atoms with Gasteiger partial charge >= 0.3 is 0 Å². The molecule has 0 radical (unpaired) electrons. The highest BCUT2D eigenvalue weighted by molar-refractivity contribution is 9.10. The summed E-state index contributed by atoms with van der Waals surface area (Å²) < 4.78 is 1.01. The van der Waals surface area contributed by atoms with Crippen molar-refractivity contribution in [3.63, 3.8) is 0 Å². The topological polar surface area (TPSA) is 58.4 Å². The number of halogens is 1. The number of carbonyl (C=O) groups is 1. The maximum absolute atomic E-state index is 11.6. The minimum absolute atomic E-state index is 0.122. The molecule has 1 aromatic rings. The number of benzene rings is 1. The first-order chi connectivity index (χ1) is 8.66. The van der Waals surface area contributed by atoms with E-state index < -0.39 is 6.04 Å². The number of thioether (sulfide) groups is 1. The molecule has 1 atom stereocenters. The lowest BCUT2D eigenvalue weighted by molar-refractivity contribution is -0.116. The van der Waals surface area contributed by atoms with Crippen LogP contribution in [0.1, 0.15) is 11.6 Å². The third-order valence-corrected chi connectivity index (χ3v) is 4.92. The smallest absolute Gasteiger partial charge is 0.245 e. The summed E-state index contributed by atoms with van der Waals surface area (Å²) >= 11 is 5.57. The van der Waals surface area contributed by atoms with Crippen LogP contribution in [0.15, 0.2) is 16.6 Å². The molecule has 2 heterocycles. The van der Waals surface area contributed by atoms with Gasteiger partial charge < -0.3 is 16.0 Å². The van der Waals surface area contributed by atoms with E-state index in [1.165, 1.54) is 0 Å². The summed E-state index contributed by atoms with van der Waals surface area (Å²) in [4.78, 5) is 13.9. The number of fused-ring (bicyclic) bond motifs is 1. The van der Waals surface area contributed by atoms with Crippen LogP contribution in [-0.4, -0.2) is 30.5 Å². The fourth-order valence-corrected chi connectivity index (χ4v) is 3.86. The minimum atomic E-state index is -0.540. The van der Waals surface area contributed by atoms with Gasteiger partial charge in [0, 0.05) is 40.3 Å². The predicted octanol–water partition coefficient (Wildman–Crippen LogP) is 1.95. The van der Waals surface area contributed by atoms with E-state index in [4.69, 9.17) is 5.73 Å². The van der Waals surface area contributed by atoms with Crippen LogP contribution in [0.5, 0.6) is 0 Å². The summed E-state index contributed by atoms with van der Waals surface area (Å²) in [5.74, 6) is 2.17. The number of nitrogens with one attached hydrogen (secondary N) is 1. The Morgan fingerprint density at radius 2 is 2.11 bits per heavy atom. The number of anilines is 2. The van der Waals surface area contributed by atoms with Gasteiger partial charge in [0.15, 0.2) is 0 Å². The van der Waals surface area contributed by atoms with E-state index in [0.717, 1.165) is 46.0 Å². The van der Waals surface area contributed by atoms with Crippen molar-refractivity contribution in [2.24, 2.45) is 5.73 Å². The molecular weight excluding hydrogens is 314 g/mol. The molecule has 1 saturated heterocycles. The lowest BCUT2D eigenvalue weighted by Crippen LogP contribution is -2.32. The van der Waals surface area contributed by atoms with E-state index in [-0.39, 0.29) is 5.91 Å². The first-order valence-electron chi connectivity index (χ1n) is 5.89. The number of hydrogen-bond donors (Lipinski definition) is 2. The van der Waals surface area contributed by atoms with Crippen molar-refractivity contribution >= 4 is 45.0 Å². The number of carbonyl (C=O) groups excluding carboxylic acids is 1. The van der Waals surface area contributed by atoms with Crippen LogP contribution in [0.25, 0.3) is 0 Å². The van der Waals surface area contributed by atoms with Gasteiger partial charge in [-0.05, 0) is 28.1 Å². The van der Waals surface area contributed by atoms with Crippen LogP contribution in [0.4, 0.5) is 11.4 Å². The fourth-order valence-electron chi connectivity index (χ4n) is 2.34. The zero-order valence-electron chi connectivity index (χ0n) is 9.78. The summed E-state index contributed by atoms with van der Waals surface area (Å²) in [5.41, 5.74) is 8.71. The molecule has 2 aliphatic heterocycles. The summed E-state index contributed by atoms with van der Waals surface area (Å²) in [6.07, 6.45) is 0. The molecule has 3 N–H and O–H groups in total. The van der Waals surface area contributed by atoms with Gasteiger partial charge in [-0.3, -0.25) is 4.79 Å². The molecule has 0 aliphatic carbocycles. The molecule has 0 spiro atoms. The molecule has 0 bridgehead atoms. The molecule has 96 valence electrons. The Labute approximate surface area is 118 Å². The van der Waals surface area contributed by atoms with Gasteiger partial charge in [-0.2, -0.15) is 11.8 Å². The molecular formula is C12H14BrN3OS. The molecule has 4 nitrogen and oxygen atoms in total. The number of nitrogens with zero attached hydrogens (tertiary/aromatic N) is 1. The predicted molar refractivity (Wildman–Crippen MR) is 79.2 cm³/mol. The molecule has 18 heavy (non-hydrogen) atoms. The molecule has 1 fully saturated rings. The van der Waals surface area contributed by atoms with Crippen molar-refractivity contribution in [1.29, 1.82) is 0 Å². The number of hydrogen-bond acceptors (Lipinski definition) is 4. The van der Waals surface area contributed by atoms with E-state index in [2.05, 4.69) is 26.1 Å². The zero-order valence-corrected chi connectivity index (χ0v) is 12.2. The monoisotopic (exact) mass is 327 g/mol. The lowest BCUT2D eigenvalue weighted by Gasteiger charge is -2.29. The molecule has 0 aromatic heterocycles. The number of rotatable bonds is 1. The summed E-state index contributed by atoms with van der Waals surface area (Å²) in [7, 11) is 0. The second-order valence-corrected chi connectivity index (χ2v) is 6.54. The van der Waals surface area contributed by atoms with Gasteiger partial charge in [0.05, 0.1) is 5.69 Å². The average Bonchev–Trinajstić information content (AvgIpc) is 2.66. The van der Waals surface area contributed by atoms with Crippen molar-refractivity contribution in [1.82, 2.24) is 0 Å². The maximum atomic E-state index is 11.6. The number of nitrogens with two attached hydrogens (primary N) is 1. The van der Waals surface area contributed by atoms with Gasteiger partial charge in [0.25, 0.3) is 0 Å². The lowest BCUT2D eigenvalue weighted by atomic mass is 10.1. The highest BCUT2D eigenvalue weighted by atomic mass is 79.9. The molecule has 1 aromatic carbocycles. The molecule has 6 heteroatoms. The highest BCUT2D eigenvalue weighted by Gasteiger charge is 2.29. The Hall–Kier alpha value is -0.720. The van der Waals surface area contributed by atoms with Gasteiger partial charge in [0.1, 0.15) is 6.04 Å². The Bertz CT molecular complexity index is 502. The van der Waals surface area contributed by atoms with Crippen LogP contribution in [0.3, 0.4) is 0 Å². The standard InChI is InChI=1S/C12H14BrN3OS/c13-8-5-7-9(15-12(17)11(7)14)6-10(8)16-1-3-18-4-2-16/h5-6,11H,1-4,14H2,(H,15,17). The van der Waals surface area contributed by atoms with Crippen LogP contribution in [0.2, 0.25) is 0 Å². The molecule has 3 rings (SSSR count). The molecule has 2 aliphatic rings. The normalized spacial score (nSPS) is 22.9. The van der Waals surface area contributed by atoms with Gasteiger partial charge in [-0.25, -0.2) is 0 Å². The van der Waals surface area contributed by atoms with Gasteiger partial charge in [-0.15, -0.1) is 0 Å². The Morgan fingerprint density at radius 1 is 1.39 bits per heavy atom. The van der Waals surface area contributed by atoms with Crippen LogP contribution in [-0.2, 0) is 4.79 Å². The van der Waals surface area contributed by atoms with Crippen molar-refractivity contribution in [2.45, 2.75) is 6.04 Å². The Morgan fingerprint density at radius 3 is 2.83 bits per heavy atom. The van der Waals surface area contributed by atoms with Crippen LogP contribution in [0, 0.1) is 0 Å². The van der Waals surface area contributed by atoms with Crippen molar-refractivity contribution in [2.75, 3.05) is 34.8 Å². The second kappa shape index (κ2) is 4.75. The van der Waals surface area contributed by atoms with E-state index in [1.54, 1.807) is 0 Å². The average molecular weight is 328 g/mol. The molecule has 1 amide bonds. The first-order valence-corrected chi connectivity index (χ1v) is 7.84. The summed E-state index contributed by atoms with van der Waals surface area (Å²) in [5, 5.41) is 2.84. The van der Waals surface area contributed by atoms with Gasteiger partial charge in [0.2, 0.25) is 5.91 Å². The third-order valence-electron chi connectivity index (χ3n) is 3.35. The van der Waals surface area contributed by atoms with E-state index >= 15 is 0 Å². The Balaban J connectivity index is 1.97. The molecule has 0 saturated carbocycles. The van der Waals surface area contributed by atoms with E-state index in [0.29, 0.717) is 0 Å². The van der Waals surface area contributed by atoms with Crippen molar-refractivity contribution in [3.8, 4) is 0 Å². The van der Waals surface area contributed by atoms with Crippen LogP contribution < -0.4 is 16.0 Å². The largest absolute Gasteiger partial charge is 0.369 e. The third kappa shape index (κ3) is 2.02. The Kier molecular flexibility index (Phi) is 3.25. The van der Waals surface area contributed by atoms with E-state index in [9.17, 15) is 4.79 Å². The van der Waals surface area contributed by atoms with Crippen molar-refractivity contribution in [3.05, 3.63) is 22.2 Å². The summed E-state index contributed by atoms with van der Waals surface area (Å²) in [6.45, 7) is 2.09. The van der Waals surface area contributed by atoms with E-state index in [1.807, 2.05) is 23.9 Å². The van der Waals surface area contributed by atoms with Crippen molar-refractivity contribution < 1.29 is 4.79 Å². The quantitative estimate of drug-likeness (QED) is 0.827. The maximum Gasteiger partial charge on any atom is 0.245 e. The van der Waals surface area contributed by atoms with Crippen LogP contribution >= 0.6 is 27.7 Å². The highest BCUT2D eigenvalue weighted by Crippen LogP contribution is 2.38. The second-order valence-electron chi connectivity index (χ2n) is 4.46. The fraction of sp³-hybridized carbons (Fsp3) is 0.417. The summed E-state index contributed by atoms with van der Waals surface area (Å²) in [6, 6.07) is 3.46. The SMILES string of the molecule is NC1C(=O)Nc2cc(N3CCSCC3)c(Br)cc21. The number of amides is 1. The first kappa shape index (κ1) is 12.3. The zero-order chi connectivity index (χ0) is 12.7. The molecule has 1 unspecified atom stereocenters.